The van der Waals surface area contributed by atoms with E-state index in [0.29, 0.717) is 12.1 Å². The molecule has 0 saturated carbocycles. The van der Waals surface area contributed by atoms with Crippen LogP contribution in [0.2, 0.25) is 0 Å². The summed E-state index contributed by atoms with van der Waals surface area (Å²) in [7, 11) is -3.93. The highest BCUT2D eigenvalue weighted by Gasteiger charge is 2.20. The molecule has 1 atom stereocenters. The Labute approximate surface area is 91.1 Å². The van der Waals surface area contributed by atoms with Crippen molar-refractivity contribution in [2.45, 2.75) is 11.0 Å². The number of hydrogen-bond donors (Lipinski definition) is 2. The second-order valence-corrected chi connectivity index (χ2v) is 5.23. The third-order valence-corrected chi connectivity index (χ3v) is 3.67. The van der Waals surface area contributed by atoms with E-state index in [1.54, 1.807) is 0 Å². The second-order valence-electron chi connectivity index (χ2n) is 3.19. The topological polar surface area (TPSA) is 74.6 Å². The predicted molar refractivity (Wildman–Crippen MR) is 51.5 cm³/mol. The molecular formula is C9H10F2O4S. The van der Waals surface area contributed by atoms with E-state index in [9.17, 15) is 17.2 Å². The smallest absolute Gasteiger partial charge is 0.181 e. The molecule has 1 aromatic rings. The zero-order chi connectivity index (χ0) is 12.3. The van der Waals surface area contributed by atoms with Crippen LogP contribution in [0.4, 0.5) is 8.78 Å². The molecule has 4 nitrogen and oxygen atoms in total. The highest BCUT2D eigenvalue weighted by Crippen LogP contribution is 2.15. The lowest BCUT2D eigenvalue weighted by molar-refractivity contribution is 0.112. The van der Waals surface area contributed by atoms with E-state index in [0.717, 1.165) is 6.07 Å². The molecule has 0 radical (unpaired) electrons. The second kappa shape index (κ2) is 4.86. The van der Waals surface area contributed by atoms with Gasteiger partial charge in [0.25, 0.3) is 0 Å². The largest absolute Gasteiger partial charge is 0.394 e. The van der Waals surface area contributed by atoms with Crippen molar-refractivity contribution in [3.8, 4) is 0 Å². The van der Waals surface area contributed by atoms with Gasteiger partial charge in [-0.2, -0.15) is 0 Å². The lowest BCUT2D eigenvalue weighted by Gasteiger charge is -2.08. The Kier molecular flexibility index (Phi) is 3.95. The molecule has 7 heteroatoms. The molecule has 1 aromatic carbocycles. The van der Waals surface area contributed by atoms with Crippen molar-refractivity contribution in [2.75, 3.05) is 12.4 Å². The zero-order valence-corrected chi connectivity index (χ0v) is 8.92. The van der Waals surface area contributed by atoms with E-state index >= 15 is 0 Å². The molecule has 0 fully saturated rings. The van der Waals surface area contributed by atoms with E-state index in [2.05, 4.69) is 0 Å². The van der Waals surface area contributed by atoms with Crippen molar-refractivity contribution >= 4 is 9.84 Å². The van der Waals surface area contributed by atoms with Gasteiger partial charge >= 0.3 is 0 Å². The Morgan fingerprint density at radius 1 is 1.25 bits per heavy atom. The summed E-state index contributed by atoms with van der Waals surface area (Å²) in [6.07, 6.45) is -1.45. The summed E-state index contributed by atoms with van der Waals surface area (Å²) in [6.45, 7) is -0.719. The molecule has 0 amide bonds. The maximum absolute atomic E-state index is 12.8. The van der Waals surface area contributed by atoms with Crippen molar-refractivity contribution in [3.05, 3.63) is 29.8 Å². The molecular weight excluding hydrogens is 242 g/mol. The number of aliphatic hydroxyl groups excluding tert-OH is 2. The van der Waals surface area contributed by atoms with Crippen LogP contribution in [0.15, 0.2) is 23.1 Å². The number of aliphatic hydroxyl groups is 2. The zero-order valence-electron chi connectivity index (χ0n) is 8.10. The fourth-order valence-corrected chi connectivity index (χ4v) is 2.44. The number of halogens is 2. The van der Waals surface area contributed by atoms with Gasteiger partial charge in [0.1, 0.15) is 0 Å². The molecule has 0 aliphatic rings. The lowest BCUT2D eigenvalue weighted by Crippen LogP contribution is -2.24. The van der Waals surface area contributed by atoms with Crippen LogP contribution < -0.4 is 0 Å². The van der Waals surface area contributed by atoms with Crippen molar-refractivity contribution in [1.29, 1.82) is 0 Å². The van der Waals surface area contributed by atoms with Crippen molar-refractivity contribution in [3.63, 3.8) is 0 Å². The van der Waals surface area contributed by atoms with Gasteiger partial charge in [-0.05, 0) is 18.2 Å². The van der Waals surface area contributed by atoms with Crippen LogP contribution in [0.5, 0.6) is 0 Å². The van der Waals surface area contributed by atoms with Crippen molar-refractivity contribution in [2.24, 2.45) is 0 Å². The van der Waals surface area contributed by atoms with E-state index in [4.69, 9.17) is 10.2 Å². The standard InChI is InChI=1S/C9H10F2O4S/c10-8-2-1-7(3-9(8)11)16(14,15)5-6(13)4-12/h1-3,6,12-13H,4-5H2. The van der Waals surface area contributed by atoms with Gasteiger partial charge in [-0.1, -0.05) is 0 Å². The van der Waals surface area contributed by atoms with Gasteiger partial charge in [-0.15, -0.1) is 0 Å². The molecule has 0 aromatic heterocycles. The summed E-state index contributed by atoms with van der Waals surface area (Å²) in [5, 5.41) is 17.5. The summed E-state index contributed by atoms with van der Waals surface area (Å²) >= 11 is 0. The number of hydrogen-bond acceptors (Lipinski definition) is 4. The van der Waals surface area contributed by atoms with Gasteiger partial charge in [0.05, 0.1) is 23.4 Å². The van der Waals surface area contributed by atoms with Gasteiger partial charge in [-0.25, -0.2) is 17.2 Å². The summed E-state index contributed by atoms with van der Waals surface area (Å²) in [5.41, 5.74) is 0. The molecule has 0 spiro atoms. The molecule has 0 aliphatic carbocycles. The van der Waals surface area contributed by atoms with Crippen LogP contribution in [-0.4, -0.2) is 37.1 Å². The molecule has 16 heavy (non-hydrogen) atoms. The third kappa shape index (κ3) is 2.97. The Morgan fingerprint density at radius 3 is 2.38 bits per heavy atom. The van der Waals surface area contributed by atoms with E-state index < -0.39 is 44.8 Å². The van der Waals surface area contributed by atoms with Crippen LogP contribution in [0.1, 0.15) is 0 Å². The maximum atomic E-state index is 12.8. The fourth-order valence-electron chi connectivity index (χ4n) is 1.07. The van der Waals surface area contributed by atoms with Crippen LogP contribution in [-0.2, 0) is 9.84 Å². The van der Waals surface area contributed by atoms with E-state index in [-0.39, 0.29) is 0 Å². The van der Waals surface area contributed by atoms with Crippen LogP contribution in [0, 0.1) is 11.6 Å². The first-order valence-electron chi connectivity index (χ1n) is 4.33. The molecule has 2 N–H and O–H groups in total. The van der Waals surface area contributed by atoms with E-state index in [1.807, 2.05) is 0 Å². The average Bonchev–Trinajstić information content (AvgIpc) is 2.21. The first kappa shape index (κ1) is 13.0. The van der Waals surface area contributed by atoms with Gasteiger partial charge in [-0.3, -0.25) is 0 Å². The number of sulfone groups is 1. The highest BCUT2D eigenvalue weighted by molar-refractivity contribution is 7.91. The minimum atomic E-state index is -3.93. The minimum absolute atomic E-state index is 0.432. The van der Waals surface area contributed by atoms with Gasteiger partial charge in [0.2, 0.25) is 0 Å². The SMILES string of the molecule is O=S(=O)(CC(O)CO)c1ccc(F)c(F)c1. The molecule has 0 saturated heterocycles. The predicted octanol–water partition coefficient (Wildman–Crippen LogP) is 0.0917. The Morgan fingerprint density at radius 2 is 1.88 bits per heavy atom. The number of benzene rings is 1. The molecule has 0 heterocycles. The summed E-state index contributed by atoms with van der Waals surface area (Å²) in [4.78, 5) is -0.432. The molecule has 0 aliphatic heterocycles. The summed E-state index contributed by atoms with van der Waals surface area (Å²) in [6, 6.07) is 2.13. The molecule has 1 rings (SSSR count). The van der Waals surface area contributed by atoms with Crippen molar-refractivity contribution in [1.82, 2.24) is 0 Å². The lowest BCUT2D eigenvalue weighted by atomic mass is 10.3. The van der Waals surface area contributed by atoms with E-state index in [1.165, 1.54) is 0 Å². The summed E-state index contributed by atoms with van der Waals surface area (Å²) < 4.78 is 48.3. The monoisotopic (exact) mass is 252 g/mol. The first-order valence-corrected chi connectivity index (χ1v) is 5.99. The molecule has 0 bridgehead atoms. The maximum Gasteiger partial charge on any atom is 0.181 e. The van der Waals surface area contributed by atoms with Gasteiger partial charge in [0, 0.05) is 0 Å². The summed E-state index contributed by atoms with van der Waals surface area (Å²) in [5.74, 6) is -3.17. The Balaban J connectivity index is 3.03. The van der Waals surface area contributed by atoms with Crippen LogP contribution >= 0.6 is 0 Å². The normalized spacial score (nSPS) is 13.8. The first-order chi connectivity index (χ1) is 7.36. The van der Waals surface area contributed by atoms with Gasteiger partial charge in [0.15, 0.2) is 21.5 Å². The quantitative estimate of drug-likeness (QED) is 0.745. The molecule has 90 valence electrons. The van der Waals surface area contributed by atoms with Crippen LogP contribution in [0.3, 0.4) is 0 Å². The highest BCUT2D eigenvalue weighted by atomic mass is 32.2. The van der Waals surface area contributed by atoms with Crippen LogP contribution in [0.25, 0.3) is 0 Å². The average molecular weight is 252 g/mol. The third-order valence-electron chi connectivity index (χ3n) is 1.87. The van der Waals surface area contributed by atoms with Gasteiger partial charge < -0.3 is 10.2 Å². The Bertz CT molecular complexity index is 472. The number of rotatable bonds is 4. The molecule has 1 unspecified atom stereocenters. The van der Waals surface area contributed by atoms with Crippen molar-refractivity contribution < 1.29 is 27.4 Å². The Hall–Kier alpha value is -1.05. The minimum Gasteiger partial charge on any atom is -0.394 e. The fraction of sp³-hybridized carbons (Fsp3) is 0.333.